The van der Waals surface area contributed by atoms with Gasteiger partial charge in [-0.15, -0.1) is 23.2 Å². The molecule has 0 atom stereocenters. The van der Waals surface area contributed by atoms with E-state index in [-0.39, 0.29) is 0 Å². The van der Waals surface area contributed by atoms with Crippen LogP contribution in [-0.4, -0.2) is 17.5 Å². The van der Waals surface area contributed by atoms with Gasteiger partial charge in [0.15, 0.2) is 0 Å². The number of fused-ring (bicyclic) bond motifs is 6. The molecule has 3 heteroatoms. The minimum Gasteiger partial charge on any atom is -0.300 e. The van der Waals surface area contributed by atoms with Crippen LogP contribution in [0.4, 0.5) is 0 Å². The Morgan fingerprint density at radius 1 is 0.536 bits per heavy atom. The molecule has 0 heterocycles. The van der Waals surface area contributed by atoms with E-state index in [4.69, 9.17) is 23.2 Å². The number of hydrogen-bond donors (Lipinski definition) is 0. The minimum absolute atomic E-state index is 0.365. The van der Waals surface area contributed by atoms with Crippen molar-refractivity contribution < 1.29 is 4.79 Å². The second-order valence-electron chi connectivity index (χ2n) is 11.5. The van der Waals surface area contributed by atoms with E-state index in [1.807, 2.05) is 0 Å². The van der Waals surface area contributed by atoms with Gasteiger partial charge >= 0.3 is 0 Å². The predicted octanol–water partition coefficient (Wildman–Crippen LogP) is 8.05. The molecule has 0 radical (unpaired) electrons. The topological polar surface area (TPSA) is 17.1 Å². The van der Waals surface area contributed by atoms with Crippen LogP contribution in [0.5, 0.6) is 0 Å². The van der Waals surface area contributed by atoms with Crippen molar-refractivity contribution >= 4 is 29.0 Å². The molecule has 6 fully saturated rings. The van der Waals surface area contributed by atoms with Gasteiger partial charge in [0.25, 0.3) is 0 Å². The molecule has 6 aliphatic rings. The molecule has 6 saturated carbocycles. The Hall–Kier alpha value is 0.250. The van der Waals surface area contributed by atoms with Crippen LogP contribution in [0.1, 0.15) is 116 Å². The van der Waals surface area contributed by atoms with E-state index in [1.54, 1.807) is 0 Å². The normalized spacial score (nSPS) is 42.1. The van der Waals surface area contributed by atoms with Crippen LogP contribution in [0.2, 0.25) is 0 Å². The molecule has 0 amide bonds. The van der Waals surface area contributed by atoms with Gasteiger partial charge in [0.1, 0.15) is 5.78 Å². The molecule has 0 unspecified atom stereocenters. The van der Waals surface area contributed by atoms with Crippen LogP contribution in [0.3, 0.4) is 0 Å². The largest absolute Gasteiger partial charge is 0.300 e. The molecule has 0 aromatic rings. The first-order valence-corrected chi connectivity index (χ1v) is 13.2. The number of Topliss-reactive ketones (excluding diaryl/α,β-unsaturated/α-hetero) is 1. The Morgan fingerprint density at radius 2 is 0.821 bits per heavy atom. The molecule has 0 saturated heterocycles. The molecular weight excluding hydrogens is 387 g/mol. The number of carbonyl (C=O) groups is 1. The standard InChI is InChI=1S/C25H40Cl2O/c26-17-1-3-22-5-11-24(12-6-22,13-7-22)19-21(28)20-25-14-8-23(9-15-25,10-16-25)4-2-18-27/h1-20H2. The van der Waals surface area contributed by atoms with Gasteiger partial charge in [-0.05, 0) is 124 Å². The molecule has 0 aliphatic heterocycles. The lowest BCUT2D eigenvalue weighted by atomic mass is 9.49. The van der Waals surface area contributed by atoms with E-state index in [9.17, 15) is 4.79 Å². The van der Waals surface area contributed by atoms with Crippen molar-refractivity contribution in [3.63, 3.8) is 0 Å². The second-order valence-corrected chi connectivity index (χ2v) is 12.2. The van der Waals surface area contributed by atoms with Gasteiger partial charge < -0.3 is 0 Å². The lowest BCUT2D eigenvalue weighted by molar-refractivity contribution is -0.130. The van der Waals surface area contributed by atoms with E-state index >= 15 is 0 Å². The Bertz CT molecular complexity index is 472. The summed E-state index contributed by atoms with van der Waals surface area (Å²) in [6, 6.07) is 0. The van der Waals surface area contributed by atoms with Crippen molar-refractivity contribution in [3.8, 4) is 0 Å². The number of halogens is 2. The van der Waals surface area contributed by atoms with Gasteiger partial charge in [0, 0.05) is 24.6 Å². The zero-order valence-corrected chi connectivity index (χ0v) is 19.3. The highest BCUT2D eigenvalue weighted by Crippen LogP contribution is 2.62. The Kier molecular flexibility index (Phi) is 6.45. The zero-order chi connectivity index (χ0) is 19.7. The minimum atomic E-state index is 0.365. The SMILES string of the molecule is O=C(CC12CCC(CCCCl)(CC1)CC2)CC12CCC(CCCCl)(CC1)CC2. The Morgan fingerprint density at radius 3 is 1.11 bits per heavy atom. The third-order valence-electron chi connectivity index (χ3n) is 9.94. The van der Waals surface area contributed by atoms with Crippen molar-refractivity contribution in [1.82, 2.24) is 0 Å². The van der Waals surface area contributed by atoms with E-state index in [2.05, 4.69) is 0 Å². The van der Waals surface area contributed by atoms with E-state index < -0.39 is 0 Å². The summed E-state index contributed by atoms with van der Waals surface area (Å²) in [5.74, 6) is 2.21. The third-order valence-corrected chi connectivity index (χ3v) is 10.5. The maximum absolute atomic E-state index is 13.2. The van der Waals surface area contributed by atoms with Crippen LogP contribution in [0.25, 0.3) is 0 Å². The molecular formula is C25H40Cl2O. The fraction of sp³-hybridized carbons (Fsp3) is 0.960. The highest BCUT2D eigenvalue weighted by atomic mass is 35.5. The van der Waals surface area contributed by atoms with Gasteiger partial charge in [-0.1, -0.05) is 0 Å². The van der Waals surface area contributed by atoms with E-state index in [1.165, 1.54) is 103 Å². The monoisotopic (exact) mass is 426 g/mol. The molecule has 0 N–H and O–H groups in total. The van der Waals surface area contributed by atoms with Gasteiger partial charge in [-0.25, -0.2) is 0 Å². The Balaban J connectivity index is 1.28. The molecule has 0 aromatic carbocycles. The first-order valence-electron chi connectivity index (χ1n) is 12.1. The maximum Gasteiger partial charge on any atom is 0.134 e. The van der Waals surface area contributed by atoms with Crippen molar-refractivity contribution in [2.45, 2.75) is 116 Å². The van der Waals surface area contributed by atoms with Crippen molar-refractivity contribution in [3.05, 3.63) is 0 Å². The summed E-state index contributed by atoms with van der Waals surface area (Å²) in [6.45, 7) is 0. The summed E-state index contributed by atoms with van der Waals surface area (Å²) in [7, 11) is 0. The molecule has 160 valence electrons. The van der Waals surface area contributed by atoms with Gasteiger partial charge in [-0.3, -0.25) is 4.79 Å². The highest BCUT2D eigenvalue weighted by molar-refractivity contribution is 6.18. The summed E-state index contributed by atoms with van der Waals surface area (Å²) < 4.78 is 0. The fourth-order valence-corrected chi connectivity index (χ4v) is 8.01. The molecule has 6 aliphatic carbocycles. The van der Waals surface area contributed by atoms with Crippen molar-refractivity contribution in [2.75, 3.05) is 11.8 Å². The summed E-state index contributed by atoms with van der Waals surface area (Å²) >= 11 is 11.9. The van der Waals surface area contributed by atoms with Gasteiger partial charge in [0.2, 0.25) is 0 Å². The maximum atomic E-state index is 13.2. The summed E-state index contributed by atoms with van der Waals surface area (Å²) in [5, 5.41) is 0. The zero-order valence-electron chi connectivity index (χ0n) is 17.8. The highest BCUT2D eigenvalue weighted by Gasteiger charge is 2.51. The second kappa shape index (κ2) is 8.41. The van der Waals surface area contributed by atoms with Crippen molar-refractivity contribution in [2.24, 2.45) is 21.7 Å². The first kappa shape index (κ1) is 21.5. The number of rotatable bonds is 10. The Labute approximate surface area is 182 Å². The van der Waals surface area contributed by atoms with E-state index in [0.717, 1.165) is 24.6 Å². The molecule has 6 rings (SSSR count). The average molecular weight is 428 g/mol. The smallest absolute Gasteiger partial charge is 0.134 e. The van der Waals surface area contributed by atoms with Crippen LogP contribution in [-0.2, 0) is 4.79 Å². The van der Waals surface area contributed by atoms with Crippen molar-refractivity contribution in [1.29, 1.82) is 0 Å². The van der Waals surface area contributed by atoms with E-state index in [0.29, 0.717) is 27.4 Å². The van der Waals surface area contributed by atoms with Gasteiger partial charge in [-0.2, -0.15) is 0 Å². The fourth-order valence-electron chi connectivity index (χ4n) is 7.74. The first-order chi connectivity index (χ1) is 13.5. The van der Waals surface area contributed by atoms with Crippen LogP contribution in [0, 0.1) is 21.7 Å². The molecule has 0 aromatic heterocycles. The number of carbonyl (C=O) groups excluding carboxylic acids is 1. The number of ketones is 1. The lowest BCUT2D eigenvalue weighted by Crippen LogP contribution is -2.45. The molecule has 4 bridgehead atoms. The number of hydrogen-bond acceptors (Lipinski definition) is 1. The molecule has 28 heavy (non-hydrogen) atoms. The van der Waals surface area contributed by atoms with Crippen LogP contribution >= 0.6 is 23.2 Å². The summed E-state index contributed by atoms with van der Waals surface area (Å²) in [6.07, 6.45) is 22.7. The molecule has 0 spiro atoms. The number of alkyl halides is 2. The molecule has 1 nitrogen and oxygen atoms in total. The summed E-state index contributed by atoms with van der Waals surface area (Å²) in [4.78, 5) is 13.2. The summed E-state index contributed by atoms with van der Waals surface area (Å²) in [5.41, 5.74) is 1.89. The van der Waals surface area contributed by atoms with Crippen LogP contribution < -0.4 is 0 Å². The van der Waals surface area contributed by atoms with Gasteiger partial charge in [0.05, 0.1) is 0 Å². The van der Waals surface area contributed by atoms with Crippen LogP contribution in [0.15, 0.2) is 0 Å². The third kappa shape index (κ3) is 4.32. The average Bonchev–Trinajstić information content (AvgIpc) is 2.73. The predicted molar refractivity (Wildman–Crippen MR) is 119 cm³/mol. The quantitative estimate of drug-likeness (QED) is 0.322. The lowest BCUT2D eigenvalue weighted by Gasteiger charge is -2.55.